The van der Waals surface area contributed by atoms with Gasteiger partial charge in [0, 0.05) is 12.6 Å². The van der Waals surface area contributed by atoms with Crippen molar-refractivity contribution in [2.75, 3.05) is 11.9 Å². The molecule has 1 heterocycles. The van der Waals surface area contributed by atoms with Crippen LogP contribution in [0.5, 0.6) is 0 Å². The Labute approximate surface area is 84.4 Å². The van der Waals surface area contributed by atoms with Gasteiger partial charge in [0.2, 0.25) is 0 Å². The lowest BCUT2D eigenvalue weighted by atomic mass is 10.2. The highest BCUT2D eigenvalue weighted by Crippen LogP contribution is 2.07. The molecule has 1 aromatic rings. The Morgan fingerprint density at radius 2 is 2.36 bits per heavy atom. The molecule has 0 aliphatic heterocycles. The van der Waals surface area contributed by atoms with E-state index in [1.54, 1.807) is 6.20 Å². The highest BCUT2D eigenvalue weighted by Gasteiger charge is 2.02. The Hall–Kier alpha value is -1.16. The maximum Gasteiger partial charge on any atom is 0.149 e. The van der Waals surface area contributed by atoms with E-state index in [9.17, 15) is 0 Å². The van der Waals surface area contributed by atoms with Crippen LogP contribution in [0.25, 0.3) is 0 Å². The second kappa shape index (κ2) is 5.54. The fourth-order valence-electron chi connectivity index (χ4n) is 1.26. The molecule has 78 valence electrons. The molecule has 0 radical (unpaired) electrons. The first kappa shape index (κ1) is 10.9. The summed E-state index contributed by atoms with van der Waals surface area (Å²) in [6, 6.07) is 2.28. The lowest BCUT2D eigenvalue weighted by Crippen LogP contribution is -2.16. The quantitative estimate of drug-likeness (QED) is 0.744. The topological polar surface area (TPSA) is 58.0 Å². The zero-order chi connectivity index (χ0) is 10.4. The average molecular weight is 195 g/mol. The van der Waals surface area contributed by atoms with Crippen molar-refractivity contribution in [2.45, 2.75) is 32.7 Å². The molecule has 0 aliphatic rings. The molecule has 0 fully saturated rings. The first-order valence-electron chi connectivity index (χ1n) is 4.89. The standard InChI is InChI=1S/C10H17N3O/c1-8-6-10(13-11-7-8)12-9(2)4-3-5-14/h6-7,9,14H,3-5H2,1-2H3,(H,12,13). The molecule has 1 rings (SSSR count). The van der Waals surface area contributed by atoms with E-state index in [0.717, 1.165) is 24.2 Å². The molecule has 4 heteroatoms. The fraction of sp³-hybridized carbons (Fsp3) is 0.600. The van der Waals surface area contributed by atoms with Crippen molar-refractivity contribution in [1.82, 2.24) is 10.2 Å². The molecule has 0 bridgehead atoms. The summed E-state index contributed by atoms with van der Waals surface area (Å²) in [6.45, 7) is 4.30. The van der Waals surface area contributed by atoms with Crippen molar-refractivity contribution in [1.29, 1.82) is 0 Å². The van der Waals surface area contributed by atoms with E-state index < -0.39 is 0 Å². The molecule has 0 saturated heterocycles. The minimum Gasteiger partial charge on any atom is -0.396 e. The number of anilines is 1. The smallest absolute Gasteiger partial charge is 0.149 e. The Balaban J connectivity index is 2.43. The third-order valence-electron chi connectivity index (χ3n) is 1.98. The molecule has 1 aromatic heterocycles. The number of hydrogen-bond acceptors (Lipinski definition) is 4. The minimum atomic E-state index is 0.242. The van der Waals surface area contributed by atoms with E-state index in [4.69, 9.17) is 5.11 Å². The van der Waals surface area contributed by atoms with Gasteiger partial charge in [-0.05, 0) is 38.3 Å². The second-order valence-corrected chi connectivity index (χ2v) is 3.53. The fourth-order valence-corrected chi connectivity index (χ4v) is 1.26. The van der Waals surface area contributed by atoms with Crippen molar-refractivity contribution >= 4 is 5.82 Å². The number of aliphatic hydroxyl groups excluding tert-OH is 1. The minimum absolute atomic E-state index is 0.242. The largest absolute Gasteiger partial charge is 0.396 e. The zero-order valence-corrected chi connectivity index (χ0v) is 8.70. The number of aliphatic hydroxyl groups is 1. The first-order chi connectivity index (χ1) is 6.72. The van der Waals surface area contributed by atoms with Crippen LogP contribution in [-0.4, -0.2) is 28.0 Å². The molecule has 0 aromatic carbocycles. The summed E-state index contributed by atoms with van der Waals surface area (Å²) in [4.78, 5) is 0. The van der Waals surface area contributed by atoms with Gasteiger partial charge in [0.05, 0.1) is 6.20 Å². The molecule has 0 saturated carbocycles. The van der Waals surface area contributed by atoms with E-state index >= 15 is 0 Å². The summed E-state index contributed by atoms with van der Waals surface area (Å²) in [5, 5.41) is 19.7. The van der Waals surface area contributed by atoms with Crippen molar-refractivity contribution in [2.24, 2.45) is 0 Å². The SMILES string of the molecule is Cc1cnnc(NC(C)CCCO)c1. The van der Waals surface area contributed by atoms with E-state index in [2.05, 4.69) is 22.4 Å². The van der Waals surface area contributed by atoms with Crippen LogP contribution >= 0.6 is 0 Å². The summed E-state index contributed by atoms with van der Waals surface area (Å²) in [5.74, 6) is 0.801. The van der Waals surface area contributed by atoms with Gasteiger partial charge in [-0.1, -0.05) is 0 Å². The van der Waals surface area contributed by atoms with Gasteiger partial charge in [0.15, 0.2) is 0 Å². The molecule has 1 atom stereocenters. The monoisotopic (exact) mass is 195 g/mol. The van der Waals surface area contributed by atoms with Gasteiger partial charge >= 0.3 is 0 Å². The number of rotatable bonds is 5. The Morgan fingerprint density at radius 3 is 3.00 bits per heavy atom. The van der Waals surface area contributed by atoms with Crippen LogP contribution in [-0.2, 0) is 0 Å². The summed E-state index contributed by atoms with van der Waals surface area (Å²) >= 11 is 0. The maximum atomic E-state index is 8.67. The van der Waals surface area contributed by atoms with Crippen LogP contribution in [0, 0.1) is 6.92 Å². The number of nitrogens with zero attached hydrogens (tertiary/aromatic N) is 2. The predicted octanol–water partition coefficient (Wildman–Crippen LogP) is 1.36. The van der Waals surface area contributed by atoms with Gasteiger partial charge in [-0.2, -0.15) is 5.10 Å². The molecule has 4 nitrogen and oxygen atoms in total. The molecule has 0 amide bonds. The van der Waals surface area contributed by atoms with Crippen LogP contribution in [0.3, 0.4) is 0 Å². The lowest BCUT2D eigenvalue weighted by Gasteiger charge is -2.13. The number of nitrogens with one attached hydrogen (secondary N) is 1. The van der Waals surface area contributed by atoms with Gasteiger partial charge in [0.25, 0.3) is 0 Å². The third-order valence-corrected chi connectivity index (χ3v) is 1.98. The highest BCUT2D eigenvalue weighted by atomic mass is 16.2. The van der Waals surface area contributed by atoms with Gasteiger partial charge in [-0.25, -0.2) is 0 Å². The van der Waals surface area contributed by atoms with E-state index in [-0.39, 0.29) is 6.61 Å². The predicted molar refractivity (Wildman–Crippen MR) is 56.2 cm³/mol. The van der Waals surface area contributed by atoms with Crippen molar-refractivity contribution in [3.05, 3.63) is 17.8 Å². The number of aromatic nitrogens is 2. The molecule has 2 N–H and O–H groups in total. The van der Waals surface area contributed by atoms with E-state index in [1.165, 1.54) is 0 Å². The third kappa shape index (κ3) is 3.70. The van der Waals surface area contributed by atoms with Crippen LogP contribution in [0.1, 0.15) is 25.3 Å². The lowest BCUT2D eigenvalue weighted by molar-refractivity contribution is 0.282. The Morgan fingerprint density at radius 1 is 1.57 bits per heavy atom. The summed E-state index contributed by atoms with van der Waals surface area (Å²) in [7, 11) is 0. The van der Waals surface area contributed by atoms with Crippen LogP contribution in [0.2, 0.25) is 0 Å². The first-order valence-corrected chi connectivity index (χ1v) is 4.89. The zero-order valence-electron chi connectivity index (χ0n) is 8.70. The van der Waals surface area contributed by atoms with Crippen LogP contribution < -0.4 is 5.32 Å². The maximum absolute atomic E-state index is 8.67. The normalized spacial score (nSPS) is 12.5. The van der Waals surface area contributed by atoms with Crippen LogP contribution in [0.15, 0.2) is 12.3 Å². The van der Waals surface area contributed by atoms with Gasteiger partial charge in [-0.3, -0.25) is 0 Å². The summed E-state index contributed by atoms with van der Waals surface area (Å²) < 4.78 is 0. The molecule has 1 unspecified atom stereocenters. The molecular formula is C10H17N3O. The molecule has 0 spiro atoms. The number of aryl methyl sites for hydroxylation is 1. The van der Waals surface area contributed by atoms with Crippen LogP contribution in [0.4, 0.5) is 5.82 Å². The van der Waals surface area contributed by atoms with Gasteiger partial charge < -0.3 is 10.4 Å². The van der Waals surface area contributed by atoms with E-state index in [1.807, 2.05) is 13.0 Å². The molecule has 14 heavy (non-hydrogen) atoms. The van der Waals surface area contributed by atoms with Crippen molar-refractivity contribution < 1.29 is 5.11 Å². The van der Waals surface area contributed by atoms with Crippen molar-refractivity contribution in [3.8, 4) is 0 Å². The van der Waals surface area contributed by atoms with Gasteiger partial charge in [0.1, 0.15) is 5.82 Å². The van der Waals surface area contributed by atoms with E-state index in [0.29, 0.717) is 6.04 Å². The number of hydrogen-bond donors (Lipinski definition) is 2. The van der Waals surface area contributed by atoms with Gasteiger partial charge in [-0.15, -0.1) is 5.10 Å². The molecular weight excluding hydrogens is 178 g/mol. The second-order valence-electron chi connectivity index (χ2n) is 3.53. The average Bonchev–Trinajstić information content (AvgIpc) is 2.15. The van der Waals surface area contributed by atoms with Crippen molar-refractivity contribution in [3.63, 3.8) is 0 Å². The summed E-state index contributed by atoms with van der Waals surface area (Å²) in [6.07, 6.45) is 3.48. The molecule has 0 aliphatic carbocycles. The highest BCUT2D eigenvalue weighted by molar-refractivity contribution is 5.35. The Kier molecular flexibility index (Phi) is 4.32. The Bertz CT molecular complexity index is 278. The summed E-state index contributed by atoms with van der Waals surface area (Å²) in [5.41, 5.74) is 1.09.